The largest absolute Gasteiger partial charge is 0.479 e. The van der Waals surface area contributed by atoms with Crippen LogP contribution >= 0.6 is 0 Å². The second kappa shape index (κ2) is 5.68. The van der Waals surface area contributed by atoms with Crippen LogP contribution in [0.1, 0.15) is 6.04 Å². The molecule has 1 aromatic heterocycles. The molecule has 1 rings (SSSR count). The molecule has 0 fully saturated rings. The van der Waals surface area contributed by atoms with Crippen molar-refractivity contribution in [3.8, 4) is 0 Å². The van der Waals surface area contributed by atoms with E-state index in [4.69, 9.17) is 15.3 Å². The smallest absolute Gasteiger partial charge is 0.334 e. The average molecular weight is 301 g/mol. The van der Waals surface area contributed by atoms with Gasteiger partial charge in [0.05, 0.1) is 5.57 Å². The van der Waals surface area contributed by atoms with Crippen molar-refractivity contribution in [1.29, 1.82) is 0 Å². The van der Waals surface area contributed by atoms with Gasteiger partial charge < -0.3 is 15.3 Å². The van der Waals surface area contributed by atoms with Gasteiger partial charge in [0.2, 0.25) is 0 Å². The molecule has 0 aliphatic carbocycles. The van der Waals surface area contributed by atoms with E-state index in [9.17, 15) is 28.8 Å². The normalized spacial score (nSPS) is 12.7. The van der Waals surface area contributed by atoms with Gasteiger partial charge in [0, 0.05) is 6.08 Å². The van der Waals surface area contributed by atoms with E-state index < -0.39 is 46.6 Å². The van der Waals surface area contributed by atoms with Crippen molar-refractivity contribution in [2.75, 3.05) is 0 Å². The third kappa shape index (κ3) is 3.31. The van der Waals surface area contributed by atoms with Gasteiger partial charge >= 0.3 is 35.0 Å². The Morgan fingerprint density at radius 1 is 1.00 bits per heavy atom. The second-order valence-electron chi connectivity index (χ2n) is 3.54. The maximum Gasteiger partial charge on any atom is 0.334 e. The molecular weight excluding hydrogens is 294 g/mol. The van der Waals surface area contributed by atoms with Gasteiger partial charge in [-0.05, 0) is 0 Å². The number of hydrogen-bond donors (Lipinski definition) is 5. The van der Waals surface area contributed by atoms with Crippen molar-refractivity contribution in [3.63, 3.8) is 0 Å². The van der Waals surface area contributed by atoms with Crippen molar-refractivity contribution in [3.05, 3.63) is 43.1 Å². The molecular formula is C9H7N3O9. The fourth-order valence-electron chi connectivity index (χ4n) is 1.45. The first-order chi connectivity index (χ1) is 9.65. The van der Waals surface area contributed by atoms with Crippen LogP contribution in [0.15, 0.2) is 26.0 Å². The van der Waals surface area contributed by atoms with Crippen LogP contribution < -0.4 is 17.1 Å². The van der Waals surface area contributed by atoms with E-state index in [1.165, 1.54) is 9.97 Å². The van der Waals surface area contributed by atoms with Crippen LogP contribution in [0.25, 0.3) is 0 Å². The highest BCUT2D eigenvalue weighted by atomic mass is 16.4. The molecule has 0 spiro atoms. The summed E-state index contributed by atoms with van der Waals surface area (Å²) in [6.45, 7) is 0. The molecule has 0 bridgehead atoms. The van der Waals surface area contributed by atoms with Crippen molar-refractivity contribution in [2.45, 2.75) is 6.04 Å². The number of nitrogens with zero attached hydrogens (tertiary/aromatic N) is 1. The summed E-state index contributed by atoms with van der Waals surface area (Å²) in [5, 5.41) is 26.3. The second-order valence-corrected chi connectivity index (χ2v) is 3.54. The number of rotatable bonds is 5. The quantitative estimate of drug-likeness (QED) is 0.350. The zero-order valence-corrected chi connectivity index (χ0v) is 9.89. The summed E-state index contributed by atoms with van der Waals surface area (Å²) >= 11 is 0. The van der Waals surface area contributed by atoms with Gasteiger partial charge in [-0.25, -0.2) is 33.3 Å². The van der Waals surface area contributed by atoms with Crippen LogP contribution in [0.3, 0.4) is 0 Å². The molecule has 0 aromatic carbocycles. The van der Waals surface area contributed by atoms with E-state index in [2.05, 4.69) is 0 Å². The van der Waals surface area contributed by atoms with Crippen LogP contribution in [-0.2, 0) is 14.4 Å². The highest BCUT2D eigenvalue weighted by Crippen LogP contribution is 2.15. The van der Waals surface area contributed by atoms with E-state index in [0.29, 0.717) is 0 Å². The van der Waals surface area contributed by atoms with E-state index in [-0.39, 0.29) is 10.6 Å². The van der Waals surface area contributed by atoms with Crippen molar-refractivity contribution in [1.82, 2.24) is 14.5 Å². The van der Waals surface area contributed by atoms with Crippen LogP contribution in [0.4, 0.5) is 0 Å². The number of aromatic amines is 2. The average Bonchev–Trinajstić information content (AvgIpc) is 2.30. The Labute approximate surface area is 112 Å². The van der Waals surface area contributed by atoms with Gasteiger partial charge in [0.15, 0.2) is 6.04 Å². The van der Waals surface area contributed by atoms with Crippen molar-refractivity contribution in [2.24, 2.45) is 0 Å². The third-order valence-electron chi connectivity index (χ3n) is 2.19. The number of carbonyl (C=O) groups is 3. The number of aromatic nitrogens is 3. The first-order valence-electron chi connectivity index (χ1n) is 5.01. The molecule has 1 unspecified atom stereocenters. The summed E-state index contributed by atoms with van der Waals surface area (Å²) in [4.78, 5) is 69.4. The minimum atomic E-state index is -2.44. The number of carboxylic acid groups (broad SMARTS) is 3. The highest BCUT2D eigenvalue weighted by molar-refractivity contribution is 6.00. The number of nitrogens with one attached hydrogen (secondary N) is 2. The molecule has 5 N–H and O–H groups in total. The summed E-state index contributed by atoms with van der Waals surface area (Å²) in [5.41, 5.74) is -5.50. The molecule has 0 saturated heterocycles. The summed E-state index contributed by atoms with van der Waals surface area (Å²) in [5.74, 6) is -5.75. The van der Waals surface area contributed by atoms with E-state index >= 15 is 0 Å². The molecule has 0 amide bonds. The lowest BCUT2D eigenvalue weighted by molar-refractivity contribution is -0.143. The molecule has 12 nitrogen and oxygen atoms in total. The van der Waals surface area contributed by atoms with Crippen LogP contribution in [-0.4, -0.2) is 47.8 Å². The zero-order valence-electron chi connectivity index (χ0n) is 9.89. The molecule has 12 heteroatoms. The molecule has 1 heterocycles. The van der Waals surface area contributed by atoms with E-state index in [0.717, 1.165) is 0 Å². The first-order valence-corrected chi connectivity index (χ1v) is 5.01. The monoisotopic (exact) mass is 301 g/mol. The number of H-pyrrole nitrogens is 2. The zero-order chi connectivity index (χ0) is 16.3. The van der Waals surface area contributed by atoms with Crippen LogP contribution in [0, 0.1) is 0 Å². The predicted molar refractivity (Wildman–Crippen MR) is 62.0 cm³/mol. The lowest BCUT2D eigenvalue weighted by Crippen LogP contribution is -2.48. The Hall–Kier alpha value is -3.44. The van der Waals surface area contributed by atoms with Crippen molar-refractivity contribution >= 4 is 17.9 Å². The van der Waals surface area contributed by atoms with Gasteiger partial charge in [-0.1, -0.05) is 0 Å². The Balaban J connectivity index is 3.74. The number of carboxylic acids is 3. The predicted octanol–water partition coefficient (Wildman–Crippen LogP) is -3.05. The molecule has 0 radical (unpaired) electrons. The van der Waals surface area contributed by atoms with Gasteiger partial charge in [-0.15, -0.1) is 0 Å². The molecule has 112 valence electrons. The lowest BCUT2D eigenvalue weighted by Gasteiger charge is -2.13. The Kier molecular flexibility index (Phi) is 4.23. The lowest BCUT2D eigenvalue weighted by atomic mass is 10.1. The minimum absolute atomic E-state index is 0.0259. The molecule has 0 saturated carbocycles. The number of aliphatic carboxylic acids is 3. The van der Waals surface area contributed by atoms with E-state index in [1.54, 1.807) is 0 Å². The highest BCUT2D eigenvalue weighted by Gasteiger charge is 2.32. The Morgan fingerprint density at radius 2 is 1.48 bits per heavy atom. The fraction of sp³-hybridized carbons (Fsp3) is 0.111. The fourth-order valence-corrected chi connectivity index (χ4v) is 1.45. The third-order valence-corrected chi connectivity index (χ3v) is 2.19. The SMILES string of the molecule is O=C(O)C=C(C(=O)O)C(C(=O)O)n1c(=O)[nH]c(=O)[nH]c1=O. The Bertz CT molecular complexity index is 774. The minimum Gasteiger partial charge on any atom is -0.479 e. The molecule has 0 aliphatic rings. The molecule has 1 aromatic rings. The molecule has 1 atom stereocenters. The van der Waals surface area contributed by atoms with Crippen LogP contribution in [0.5, 0.6) is 0 Å². The Morgan fingerprint density at radius 3 is 1.81 bits per heavy atom. The summed E-state index contributed by atoms with van der Waals surface area (Å²) in [6, 6.07) is -2.44. The standard InChI is InChI=1S/C9H7N3O9/c13-3(14)1-2(5(15)16)4(6(17)18)12-8(20)10-7(19)11-9(12)21/h1,4H,(H,13,14)(H,15,16)(H,17,18)(H2,10,11,19,20,21). The maximum atomic E-state index is 11.5. The van der Waals surface area contributed by atoms with Crippen LogP contribution in [0.2, 0.25) is 0 Å². The first kappa shape index (κ1) is 15.6. The number of hydrogen-bond acceptors (Lipinski definition) is 6. The summed E-state index contributed by atoms with van der Waals surface area (Å²) in [6.07, 6.45) is 0.0259. The van der Waals surface area contributed by atoms with E-state index in [1.807, 2.05) is 0 Å². The molecule has 0 aliphatic heterocycles. The topological polar surface area (TPSA) is 200 Å². The van der Waals surface area contributed by atoms with Crippen molar-refractivity contribution < 1.29 is 29.7 Å². The summed E-state index contributed by atoms with van der Waals surface area (Å²) < 4.78 is -0.132. The molecule has 21 heavy (non-hydrogen) atoms. The maximum absolute atomic E-state index is 11.5. The van der Waals surface area contributed by atoms with Gasteiger partial charge in [0.1, 0.15) is 0 Å². The van der Waals surface area contributed by atoms with Gasteiger partial charge in [-0.3, -0.25) is 9.97 Å². The van der Waals surface area contributed by atoms with Gasteiger partial charge in [-0.2, -0.15) is 0 Å². The van der Waals surface area contributed by atoms with Gasteiger partial charge in [0.25, 0.3) is 0 Å². The summed E-state index contributed by atoms with van der Waals surface area (Å²) in [7, 11) is 0.